The van der Waals surface area contributed by atoms with Gasteiger partial charge in [-0.15, -0.1) is 11.3 Å². The van der Waals surface area contributed by atoms with Gasteiger partial charge in [0.2, 0.25) is 0 Å². The number of hydrogen-bond acceptors (Lipinski definition) is 4. The van der Waals surface area contributed by atoms with Gasteiger partial charge in [-0.3, -0.25) is 0 Å². The molecule has 132 valence electrons. The van der Waals surface area contributed by atoms with Crippen molar-refractivity contribution in [3.8, 4) is 10.6 Å². The van der Waals surface area contributed by atoms with Crippen LogP contribution in [0, 0.1) is 6.92 Å². The van der Waals surface area contributed by atoms with Crippen LogP contribution in [0.3, 0.4) is 0 Å². The third kappa shape index (κ3) is 2.95. The maximum atomic E-state index is 12.6. The Morgan fingerprint density at radius 2 is 1.88 bits per heavy atom. The van der Waals surface area contributed by atoms with E-state index in [1.165, 1.54) is 22.5 Å². The van der Waals surface area contributed by atoms with Gasteiger partial charge < -0.3 is 4.42 Å². The summed E-state index contributed by atoms with van der Waals surface area (Å²) in [5.41, 5.74) is 4.20. The smallest absolute Gasteiger partial charge is 0.346 e. The Labute approximate surface area is 156 Å². The van der Waals surface area contributed by atoms with E-state index in [0.29, 0.717) is 22.1 Å². The Morgan fingerprint density at radius 3 is 2.65 bits per heavy atom. The minimum atomic E-state index is -0.324. The third-order valence-electron chi connectivity index (χ3n) is 4.99. The molecule has 4 heteroatoms. The van der Waals surface area contributed by atoms with Crippen molar-refractivity contribution in [2.45, 2.75) is 39.5 Å². The number of fused-ring (bicyclic) bond motifs is 2. The van der Waals surface area contributed by atoms with E-state index in [2.05, 4.69) is 37.9 Å². The fourth-order valence-electron chi connectivity index (χ4n) is 3.44. The number of thiazole rings is 1. The number of benzene rings is 2. The molecule has 0 bridgehead atoms. The second-order valence-corrected chi connectivity index (χ2v) is 7.78. The molecular formula is C22H21NO2S. The standard InChI is InChI=1S/C22H21NO2S/c1-4-14(5-2)15-7-8-16-11-17(22(24)25-19(16)12-15)21-23-18-9-6-13(3)10-20(18)26-21/h6-12,14H,4-5H2,1-3H3. The Bertz CT molecular complexity index is 1150. The van der Waals surface area contributed by atoms with Crippen molar-refractivity contribution < 1.29 is 4.42 Å². The number of aryl methyl sites for hydroxylation is 1. The minimum Gasteiger partial charge on any atom is -0.422 e. The van der Waals surface area contributed by atoms with Crippen molar-refractivity contribution in [1.82, 2.24) is 4.98 Å². The number of nitrogens with zero attached hydrogens (tertiary/aromatic N) is 1. The summed E-state index contributed by atoms with van der Waals surface area (Å²) >= 11 is 1.53. The maximum absolute atomic E-state index is 12.6. The Morgan fingerprint density at radius 1 is 1.08 bits per heavy atom. The normalized spacial score (nSPS) is 11.7. The lowest BCUT2D eigenvalue weighted by Gasteiger charge is -2.13. The summed E-state index contributed by atoms with van der Waals surface area (Å²) < 4.78 is 6.74. The van der Waals surface area contributed by atoms with Gasteiger partial charge in [-0.2, -0.15) is 0 Å². The Hall–Kier alpha value is -2.46. The van der Waals surface area contributed by atoms with E-state index in [9.17, 15) is 4.79 Å². The topological polar surface area (TPSA) is 43.1 Å². The lowest BCUT2D eigenvalue weighted by molar-refractivity contribution is 0.561. The number of hydrogen-bond donors (Lipinski definition) is 0. The Balaban J connectivity index is 1.84. The summed E-state index contributed by atoms with van der Waals surface area (Å²) in [6.45, 7) is 6.43. The van der Waals surface area contributed by atoms with Crippen molar-refractivity contribution in [2.75, 3.05) is 0 Å². The quantitative estimate of drug-likeness (QED) is 0.401. The summed E-state index contributed by atoms with van der Waals surface area (Å²) in [5.74, 6) is 0.497. The molecule has 2 heterocycles. The first kappa shape index (κ1) is 17.0. The molecule has 0 aliphatic rings. The van der Waals surface area contributed by atoms with Gasteiger partial charge in [0.15, 0.2) is 0 Å². The van der Waals surface area contributed by atoms with Crippen LogP contribution in [-0.2, 0) is 0 Å². The predicted octanol–water partition coefficient (Wildman–Crippen LogP) is 6.28. The maximum Gasteiger partial charge on any atom is 0.346 e. The zero-order valence-electron chi connectivity index (χ0n) is 15.2. The first-order valence-electron chi connectivity index (χ1n) is 9.04. The average Bonchev–Trinajstić information content (AvgIpc) is 3.05. The van der Waals surface area contributed by atoms with E-state index in [4.69, 9.17) is 4.42 Å². The first-order valence-corrected chi connectivity index (χ1v) is 9.86. The van der Waals surface area contributed by atoms with Crippen molar-refractivity contribution in [3.05, 3.63) is 64.0 Å². The highest BCUT2D eigenvalue weighted by Crippen LogP contribution is 2.31. The third-order valence-corrected chi connectivity index (χ3v) is 6.04. The predicted molar refractivity (Wildman–Crippen MR) is 109 cm³/mol. The molecule has 0 radical (unpaired) electrons. The molecule has 0 N–H and O–H groups in total. The second kappa shape index (κ2) is 6.69. The van der Waals surface area contributed by atoms with Crippen LogP contribution >= 0.6 is 11.3 Å². The SMILES string of the molecule is CCC(CC)c1ccc2cc(-c3nc4ccc(C)cc4s3)c(=O)oc2c1. The van der Waals surface area contributed by atoms with Crippen molar-refractivity contribution >= 4 is 32.5 Å². The van der Waals surface area contributed by atoms with Gasteiger partial charge in [-0.1, -0.05) is 32.0 Å². The summed E-state index contributed by atoms with van der Waals surface area (Å²) in [7, 11) is 0. The minimum absolute atomic E-state index is 0.324. The van der Waals surface area contributed by atoms with Gasteiger partial charge in [-0.25, -0.2) is 9.78 Å². The first-order chi connectivity index (χ1) is 12.6. The summed E-state index contributed by atoms with van der Waals surface area (Å²) in [6, 6.07) is 14.2. The molecule has 0 fully saturated rings. The lowest BCUT2D eigenvalue weighted by atomic mass is 9.93. The molecule has 4 aromatic rings. The van der Waals surface area contributed by atoms with Crippen LogP contribution in [0.25, 0.3) is 31.8 Å². The summed E-state index contributed by atoms with van der Waals surface area (Å²) in [5, 5.41) is 1.65. The van der Waals surface area contributed by atoms with E-state index in [1.807, 2.05) is 30.3 Å². The molecule has 0 atom stereocenters. The van der Waals surface area contributed by atoms with Crippen LogP contribution in [0.4, 0.5) is 0 Å². The molecule has 0 aliphatic heterocycles. The molecule has 2 aromatic heterocycles. The highest BCUT2D eigenvalue weighted by atomic mass is 32.1. The largest absolute Gasteiger partial charge is 0.422 e. The van der Waals surface area contributed by atoms with E-state index in [1.54, 1.807) is 0 Å². The molecule has 0 aliphatic carbocycles. The number of aromatic nitrogens is 1. The van der Waals surface area contributed by atoms with E-state index >= 15 is 0 Å². The fourth-order valence-corrected chi connectivity index (χ4v) is 4.51. The van der Waals surface area contributed by atoms with E-state index < -0.39 is 0 Å². The van der Waals surface area contributed by atoms with Crippen molar-refractivity contribution in [1.29, 1.82) is 0 Å². The zero-order valence-corrected chi connectivity index (χ0v) is 16.0. The fraction of sp³-hybridized carbons (Fsp3) is 0.273. The van der Waals surface area contributed by atoms with E-state index in [-0.39, 0.29) is 5.63 Å². The monoisotopic (exact) mass is 363 g/mol. The molecule has 2 aromatic carbocycles. The molecule has 4 rings (SSSR count). The molecule has 0 unspecified atom stereocenters. The van der Waals surface area contributed by atoms with Crippen LogP contribution in [0.1, 0.15) is 43.7 Å². The highest BCUT2D eigenvalue weighted by molar-refractivity contribution is 7.21. The zero-order chi connectivity index (χ0) is 18.3. The van der Waals surface area contributed by atoms with Gasteiger partial charge in [0.1, 0.15) is 10.6 Å². The van der Waals surface area contributed by atoms with Gasteiger partial charge >= 0.3 is 5.63 Å². The highest BCUT2D eigenvalue weighted by Gasteiger charge is 2.14. The second-order valence-electron chi connectivity index (χ2n) is 6.75. The summed E-state index contributed by atoms with van der Waals surface area (Å²) in [6.07, 6.45) is 2.16. The molecule has 3 nitrogen and oxygen atoms in total. The van der Waals surface area contributed by atoms with Gasteiger partial charge in [0.05, 0.1) is 15.8 Å². The molecule has 0 saturated carbocycles. The van der Waals surface area contributed by atoms with Gasteiger partial charge in [-0.05, 0) is 61.1 Å². The molecule has 0 saturated heterocycles. The van der Waals surface area contributed by atoms with Crippen molar-refractivity contribution in [3.63, 3.8) is 0 Å². The molecular weight excluding hydrogens is 342 g/mol. The van der Waals surface area contributed by atoms with Crippen molar-refractivity contribution in [2.24, 2.45) is 0 Å². The van der Waals surface area contributed by atoms with Crippen LogP contribution in [0.15, 0.2) is 51.7 Å². The molecule has 26 heavy (non-hydrogen) atoms. The van der Waals surface area contributed by atoms with Gasteiger partial charge in [0, 0.05) is 5.39 Å². The van der Waals surface area contributed by atoms with Crippen LogP contribution in [0.5, 0.6) is 0 Å². The number of rotatable bonds is 4. The molecule has 0 spiro atoms. The van der Waals surface area contributed by atoms with Crippen LogP contribution in [-0.4, -0.2) is 4.98 Å². The Kier molecular flexibility index (Phi) is 4.37. The molecule has 0 amide bonds. The van der Waals surface area contributed by atoms with Crippen LogP contribution < -0.4 is 5.63 Å². The van der Waals surface area contributed by atoms with Gasteiger partial charge in [0.25, 0.3) is 0 Å². The van der Waals surface area contributed by atoms with Crippen LogP contribution in [0.2, 0.25) is 0 Å². The lowest BCUT2D eigenvalue weighted by Crippen LogP contribution is -2.03. The average molecular weight is 363 g/mol. The summed E-state index contributed by atoms with van der Waals surface area (Å²) in [4.78, 5) is 17.2. The van der Waals surface area contributed by atoms with E-state index in [0.717, 1.165) is 28.4 Å².